The summed E-state index contributed by atoms with van der Waals surface area (Å²) in [6.07, 6.45) is 2.00. The lowest BCUT2D eigenvalue weighted by Gasteiger charge is -2.24. The van der Waals surface area contributed by atoms with E-state index in [1.165, 1.54) is 18.5 Å². The van der Waals surface area contributed by atoms with Gasteiger partial charge in [-0.05, 0) is 53.9 Å². The number of halogens is 1. The Hall–Kier alpha value is -0.540. The Morgan fingerprint density at radius 3 is 2.53 bits per heavy atom. The summed E-state index contributed by atoms with van der Waals surface area (Å²) in [5.74, 6) is 0. The normalized spacial score (nSPS) is 12.5. The third-order valence-electron chi connectivity index (χ3n) is 2.96. The zero-order valence-corrected chi connectivity index (χ0v) is 12.5. The largest absolute Gasteiger partial charge is 0.389 e. The summed E-state index contributed by atoms with van der Waals surface area (Å²) in [7, 11) is 0. The van der Waals surface area contributed by atoms with Gasteiger partial charge in [-0.1, -0.05) is 19.4 Å². The highest BCUT2D eigenvalue weighted by molar-refractivity contribution is 9.10. The van der Waals surface area contributed by atoms with Gasteiger partial charge < -0.3 is 10.0 Å². The van der Waals surface area contributed by atoms with Crippen molar-refractivity contribution in [3.8, 4) is 0 Å². The number of unbranched alkanes of at least 4 members (excludes halogenated alkanes) is 1. The molecule has 0 aromatic heterocycles. The van der Waals surface area contributed by atoms with Crippen molar-refractivity contribution in [1.29, 1.82) is 0 Å². The first kappa shape index (κ1) is 14.5. The van der Waals surface area contributed by atoms with Gasteiger partial charge in [-0.3, -0.25) is 0 Å². The van der Waals surface area contributed by atoms with Crippen LogP contribution >= 0.6 is 15.9 Å². The molecule has 1 aromatic rings. The van der Waals surface area contributed by atoms with Gasteiger partial charge in [0.2, 0.25) is 0 Å². The zero-order chi connectivity index (χ0) is 12.8. The van der Waals surface area contributed by atoms with Crippen molar-refractivity contribution in [2.45, 2.75) is 39.7 Å². The second kappa shape index (κ2) is 7.02. The molecule has 0 heterocycles. The van der Waals surface area contributed by atoms with Crippen LogP contribution in [0.2, 0.25) is 0 Å². The average molecular weight is 300 g/mol. The van der Waals surface area contributed by atoms with Crippen molar-refractivity contribution >= 4 is 21.6 Å². The van der Waals surface area contributed by atoms with Crippen LogP contribution in [0.25, 0.3) is 0 Å². The molecule has 0 fully saturated rings. The molecule has 0 bridgehead atoms. The van der Waals surface area contributed by atoms with E-state index in [1.807, 2.05) is 12.1 Å². The summed E-state index contributed by atoms with van der Waals surface area (Å²) in [6, 6.07) is 6.10. The van der Waals surface area contributed by atoms with Crippen LogP contribution in [-0.2, 0) is 0 Å². The summed E-state index contributed by atoms with van der Waals surface area (Å²) in [5, 5.41) is 9.54. The van der Waals surface area contributed by atoms with E-state index in [4.69, 9.17) is 0 Å². The smallest absolute Gasteiger partial charge is 0.0762 e. The Morgan fingerprint density at radius 2 is 2.06 bits per heavy atom. The minimum atomic E-state index is -0.411. The van der Waals surface area contributed by atoms with Gasteiger partial charge in [-0.15, -0.1) is 0 Å². The summed E-state index contributed by atoms with van der Waals surface area (Å²) in [5.41, 5.74) is 2.16. The molecule has 3 heteroatoms. The van der Waals surface area contributed by atoms with Gasteiger partial charge in [0.25, 0.3) is 0 Å². The number of nitrogens with zero attached hydrogens (tertiary/aromatic N) is 1. The molecule has 0 spiro atoms. The predicted molar refractivity (Wildman–Crippen MR) is 77.6 cm³/mol. The summed E-state index contributed by atoms with van der Waals surface area (Å²) in [4.78, 5) is 2.36. The van der Waals surface area contributed by atoms with Crippen LogP contribution in [0.15, 0.2) is 22.7 Å². The second-order valence-electron chi connectivity index (χ2n) is 4.32. The van der Waals surface area contributed by atoms with Crippen molar-refractivity contribution < 1.29 is 5.11 Å². The molecule has 0 aliphatic rings. The number of aliphatic hydroxyl groups is 1. The minimum Gasteiger partial charge on any atom is -0.389 e. The fourth-order valence-corrected chi connectivity index (χ4v) is 2.48. The average Bonchev–Trinajstić information content (AvgIpc) is 2.31. The van der Waals surface area contributed by atoms with Gasteiger partial charge in [0.15, 0.2) is 0 Å². The third kappa shape index (κ3) is 4.00. The van der Waals surface area contributed by atoms with Crippen molar-refractivity contribution in [1.82, 2.24) is 0 Å². The van der Waals surface area contributed by atoms with Crippen LogP contribution in [-0.4, -0.2) is 18.2 Å². The Kier molecular flexibility index (Phi) is 6.00. The quantitative estimate of drug-likeness (QED) is 0.854. The Balaban J connectivity index is 2.88. The van der Waals surface area contributed by atoms with E-state index < -0.39 is 6.10 Å². The molecular formula is C14H22BrNO. The van der Waals surface area contributed by atoms with E-state index in [0.29, 0.717) is 0 Å². The van der Waals surface area contributed by atoms with E-state index in [-0.39, 0.29) is 0 Å². The second-order valence-corrected chi connectivity index (χ2v) is 5.17. The van der Waals surface area contributed by atoms with E-state index in [1.54, 1.807) is 6.92 Å². The van der Waals surface area contributed by atoms with Gasteiger partial charge in [-0.2, -0.15) is 0 Å². The molecule has 0 aliphatic heterocycles. The maximum absolute atomic E-state index is 9.54. The highest BCUT2D eigenvalue weighted by atomic mass is 79.9. The number of benzene rings is 1. The molecule has 1 N–H and O–H groups in total. The molecule has 1 aromatic carbocycles. The first-order valence-electron chi connectivity index (χ1n) is 6.32. The Labute approximate surface area is 113 Å². The van der Waals surface area contributed by atoms with Gasteiger partial charge in [-0.25, -0.2) is 0 Å². The van der Waals surface area contributed by atoms with Gasteiger partial charge >= 0.3 is 0 Å². The maximum Gasteiger partial charge on any atom is 0.0762 e. The zero-order valence-electron chi connectivity index (χ0n) is 10.9. The van der Waals surface area contributed by atoms with Crippen LogP contribution in [0.5, 0.6) is 0 Å². The number of aliphatic hydroxyl groups excluding tert-OH is 1. The van der Waals surface area contributed by atoms with Gasteiger partial charge in [0, 0.05) is 17.6 Å². The number of hydrogen-bond acceptors (Lipinski definition) is 2. The summed E-state index contributed by atoms with van der Waals surface area (Å²) >= 11 is 3.60. The molecule has 0 amide bonds. The monoisotopic (exact) mass is 299 g/mol. The topological polar surface area (TPSA) is 23.5 Å². The number of hydrogen-bond donors (Lipinski definition) is 1. The van der Waals surface area contributed by atoms with Crippen LogP contribution < -0.4 is 4.90 Å². The Morgan fingerprint density at radius 1 is 1.35 bits per heavy atom. The van der Waals surface area contributed by atoms with E-state index in [0.717, 1.165) is 23.1 Å². The fourth-order valence-electron chi connectivity index (χ4n) is 1.84. The molecule has 2 nitrogen and oxygen atoms in total. The molecule has 0 saturated carbocycles. The van der Waals surface area contributed by atoms with Crippen molar-refractivity contribution in [2.75, 3.05) is 18.0 Å². The molecule has 1 unspecified atom stereocenters. The molecule has 0 radical (unpaired) electrons. The molecular weight excluding hydrogens is 278 g/mol. The van der Waals surface area contributed by atoms with Crippen LogP contribution in [0.3, 0.4) is 0 Å². The van der Waals surface area contributed by atoms with Crippen molar-refractivity contribution in [2.24, 2.45) is 0 Å². The number of anilines is 1. The summed E-state index contributed by atoms with van der Waals surface area (Å²) < 4.78 is 1.06. The lowest BCUT2D eigenvalue weighted by atomic mass is 10.1. The molecule has 1 atom stereocenters. The lowest BCUT2D eigenvalue weighted by molar-refractivity contribution is 0.199. The minimum absolute atomic E-state index is 0.411. The Bertz CT molecular complexity index is 352. The van der Waals surface area contributed by atoms with Crippen molar-refractivity contribution in [3.05, 3.63) is 28.2 Å². The highest BCUT2D eigenvalue weighted by Gasteiger charge is 2.10. The van der Waals surface area contributed by atoms with Crippen LogP contribution in [0.4, 0.5) is 5.69 Å². The van der Waals surface area contributed by atoms with Gasteiger partial charge in [0.05, 0.1) is 11.8 Å². The molecule has 0 aliphatic carbocycles. The molecule has 0 saturated heterocycles. The molecule has 96 valence electrons. The van der Waals surface area contributed by atoms with Crippen molar-refractivity contribution in [3.63, 3.8) is 0 Å². The third-order valence-corrected chi connectivity index (χ3v) is 3.59. The van der Waals surface area contributed by atoms with Crippen LogP contribution in [0.1, 0.15) is 45.3 Å². The SMILES string of the molecule is CCCCN(CC)c1ccc(C(C)O)cc1Br. The summed E-state index contributed by atoms with van der Waals surface area (Å²) in [6.45, 7) is 8.26. The standard InChI is InChI=1S/C14H22BrNO/c1-4-6-9-16(5-2)14-8-7-12(11(3)17)10-13(14)15/h7-8,10-11,17H,4-6,9H2,1-3H3. The van der Waals surface area contributed by atoms with Crippen LogP contribution in [0, 0.1) is 0 Å². The molecule has 17 heavy (non-hydrogen) atoms. The van der Waals surface area contributed by atoms with E-state index >= 15 is 0 Å². The first-order chi connectivity index (χ1) is 8.10. The van der Waals surface area contributed by atoms with Gasteiger partial charge in [0.1, 0.15) is 0 Å². The lowest BCUT2D eigenvalue weighted by Crippen LogP contribution is -2.24. The maximum atomic E-state index is 9.54. The van der Waals surface area contributed by atoms with E-state index in [2.05, 4.69) is 40.7 Å². The van der Waals surface area contributed by atoms with E-state index in [9.17, 15) is 5.11 Å². The fraction of sp³-hybridized carbons (Fsp3) is 0.571. The first-order valence-corrected chi connectivity index (χ1v) is 7.11. The highest BCUT2D eigenvalue weighted by Crippen LogP contribution is 2.29. The molecule has 1 rings (SSSR count). The number of rotatable bonds is 6. The predicted octanol–water partition coefficient (Wildman–Crippen LogP) is 4.13.